The van der Waals surface area contributed by atoms with Gasteiger partial charge in [-0.2, -0.15) is 0 Å². The Labute approximate surface area is 196 Å². The van der Waals surface area contributed by atoms with Crippen LogP contribution in [0.1, 0.15) is 49.8 Å². The van der Waals surface area contributed by atoms with Gasteiger partial charge in [-0.05, 0) is 55.2 Å². The summed E-state index contributed by atoms with van der Waals surface area (Å²) in [6, 6.07) is 27.6. The minimum absolute atomic E-state index is 0.0176. The predicted octanol–water partition coefficient (Wildman–Crippen LogP) is 6.21. The molecule has 0 unspecified atom stereocenters. The maximum absolute atomic E-state index is 13.3. The number of nitrogens with zero attached hydrogens (tertiary/aromatic N) is 2. The molecule has 1 N–H and O–H groups in total. The summed E-state index contributed by atoms with van der Waals surface area (Å²) in [4.78, 5) is 29.9. The molecule has 1 saturated heterocycles. The number of carbonyl (C=O) groups is 2. The largest absolute Gasteiger partial charge is 0.326 e. The van der Waals surface area contributed by atoms with E-state index in [1.54, 1.807) is 0 Å². The molecule has 5 heteroatoms. The summed E-state index contributed by atoms with van der Waals surface area (Å²) < 4.78 is 0. The maximum Gasteiger partial charge on any atom is 0.324 e. The van der Waals surface area contributed by atoms with Crippen molar-refractivity contribution in [3.63, 3.8) is 0 Å². The van der Waals surface area contributed by atoms with Crippen molar-refractivity contribution in [3.8, 4) is 0 Å². The number of carbonyl (C=O) groups excluding carboxylic acids is 2. The minimum Gasteiger partial charge on any atom is -0.326 e. The van der Waals surface area contributed by atoms with Gasteiger partial charge < -0.3 is 10.2 Å². The van der Waals surface area contributed by atoms with Gasteiger partial charge in [0.1, 0.15) is 0 Å². The normalized spacial score (nSPS) is 15.8. The molecule has 0 radical (unpaired) electrons. The van der Waals surface area contributed by atoms with E-state index in [0.29, 0.717) is 6.54 Å². The van der Waals surface area contributed by atoms with Crippen LogP contribution in [0.3, 0.4) is 0 Å². The molecule has 1 aliphatic heterocycles. The highest BCUT2D eigenvalue weighted by molar-refractivity contribution is 5.97. The molecule has 4 rings (SSSR count). The third kappa shape index (κ3) is 5.08. The van der Waals surface area contributed by atoms with Gasteiger partial charge in [-0.25, -0.2) is 4.79 Å². The summed E-state index contributed by atoms with van der Waals surface area (Å²) in [5, 5.41) is 3.03. The van der Waals surface area contributed by atoms with Crippen LogP contribution in [0, 0.1) is 0 Å². The molecular weight excluding hydrogens is 410 g/mol. The number of anilines is 2. The van der Waals surface area contributed by atoms with Gasteiger partial charge in [0.05, 0.1) is 12.0 Å². The molecular formula is C28H31N3O2. The van der Waals surface area contributed by atoms with Crippen molar-refractivity contribution in [1.29, 1.82) is 0 Å². The lowest BCUT2D eigenvalue weighted by atomic mass is 9.95. The average molecular weight is 442 g/mol. The van der Waals surface area contributed by atoms with Crippen LogP contribution in [0.5, 0.6) is 0 Å². The van der Waals surface area contributed by atoms with E-state index in [2.05, 4.69) is 24.4 Å². The maximum atomic E-state index is 13.3. The Morgan fingerprint density at radius 1 is 0.879 bits per heavy atom. The second kappa shape index (κ2) is 10.3. The zero-order chi connectivity index (χ0) is 23.2. The highest BCUT2D eigenvalue weighted by atomic mass is 16.2. The van der Waals surface area contributed by atoms with Crippen LogP contribution in [0.15, 0.2) is 84.9 Å². The third-order valence-electron chi connectivity index (χ3n) is 6.38. The molecule has 5 nitrogen and oxygen atoms in total. The highest BCUT2D eigenvalue weighted by Crippen LogP contribution is 2.28. The predicted molar refractivity (Wildman–Crippen MR) is 133 cm³/mol. The average Bonchev–Trinajstić information content (AvgIpc) is 2.86. The first-order valence-corrected chi connectivity index (χ1v) is 11.7. The zero-order valence-corrected chi connectivity index (χ0v) is 19.3. The minimum atomic E-state index is -0.192. The van der Waals surface area contributed by atoms with E-state index in [9.17, 15) is 9.59 Å². The fraction of sp³-hybridized carbons (Fsp3) is 0.286. The fourth-order valence-electron chi connectivity index (χ4n) is 4.47. The Balaban J connectivity index is 1.44. The SMILES string of the molecule is CC[C@@H](C(=O)Nc1ccc(N2CCCN([C@@H](C)c3ccccc3)C2=O)cc1)c1ccccc1. The number of urea groups is 1. The van der Waals surface area contributed by atoms with E-state index in [1.165, 1.54) is 0 Å². The Morgan fingerprint density at radius 2 is 1.48 bits per heavy atom. The van der Waals surface area contributed by atoms with Crippen molar-refractivity contribution in [2.75, 3.05) is 23.3 Å². The molecule has 1 fully saturated rings. The summed E-state index contributed by atoms with van der Waals surface area (Å²) in [7, 11) is 0. The lowest BCUT2D eigenvalue weighted by molar-refractivity contribution is -0.117. The molecule has 1 heterocycles. The Morgan fingerprint density at radius 3 is 2.09 bits per heavy atom. The van der Waals surface area contributed by atoms with E-state index >= 15 is 0 Å². The van der Waals surface area contributed by atoms with Gasteiger partial charge >= 0.3 is 6.03 Å². The number of hydrogen-bond donors (Lipinski definition) is 1. The lowest BCUT2D eigenvalue weighted by Crippen LogP contribution is -2.50. The van der Waals surface area contributed by atoms with E-state index in [-0.39, 0.29) is 23.9 Å². The van der Waals surface area contributed by atoms with Gasteiger partial charge in [0.15, 0.2) is 0 Å². The molecule has 2 atom stereocenters. The zero-order valence-electron chi connectivity index (χ0n) is 19.3. The molecule has 3 aromatic carbocycles. The van der Waals surface area contributed by atoms with Crippen molar-refractivity contribution in [2.24, 2.45) is 0 Å². The van der Waals surface area contributed by atoms with Crippen molar-refractivity contribution in [1.82, 2.24) is 4.90 Å². The first-order chi connectivity index (χ1) is 16.1. The quantitative estimate of drug-likeness (QED) is 0.474. The fourth-order valence-corrected chi connectivity index (χ4v) is 4.47. The van der Waals surface area contributed by atoms with Crippen molar-refractivity contribution >= 4 is 23.3 Å². The van der Waals surface area contributed by atoms with Crippen molar-refractivity contribution < 1.29 is 9.59 Å². The van der Waals surface area contributed by atoms with Crippen molar-refractivity contribution in [2.45, 2.75) is 38.6 Å². The molecule has 0 saturated carbocycles. The first kappa shape index (κ1) is 22.6. The molecule has 3 amide bonds. The summed E-state index contributed by atoms with van der Waals surface area (Å²) in [6.45, 7) is 5.53. The molecule has 170 valence electrons. The topological polar surface area (TPSA) is 52.7 Å². The van der Waals surface area contributed by atoms with Gasteiger partial charge in [-0.1, -0.05) is 67.6 Å². The van der Waals surface area contributed by atoms with Crippen LogP contribution in [-0.2, 0) is 4.79 Å². The van der Waals surface area contributed by atoms with E-state index < -0.39 is 0 Å². The van der Waals surface area contributed by atoms with Crippen LogP contribution in [0.4, 0.5) is 16.2 Å². The Kier molecular flexibility index (Phi) is 7.08. The third-order valence-corrected chi connectivity index (χ3v) is 6.38. The number of benzene rings is 3. The van der Waals surface area contributed by atoms with Crippen LogP contribution < -0.4 is 10.2 Å². The van der Waals surface area contributed by atoms with Crippen molar-refractivity contribution in [3.05, 3.63) is 96.1 Å². The van der Waals surface area contributed by atoms with E-state index in [4.69, 9.17) is 0 Å². The monoisotopic (exact) mass is 441 g/mol. The summed E-state index contributed by atoms with van der Waals surface area (Å²) >= 11 is 0. The highest BCUT2D eigenvalue weighted by Gasteiger charge is 2.30. The number of amides is 3. The molecule has 33 heavy (non-hydrogen) atoms. The van der Waals surface area contributed by atoms with Crippen LogP contribution in [0.2, 0.25) is 0 Å². The van der Waals surface area contributed by atoms with Crippen LogP contribution in [-0.4, -0.2) is 29.9 Å². The molecule has 0 aromatic heterocycles. The summed E-state index contributed by atoms with van der Waals surface area (Å²) in [5.41, 5.74) is 3.73. The van der Waals surface area contributed by atoms with Crippen LogP contribution >= 0.6 is 0 Å². The van der Waals surface area contributed by atoms with Crippen LogP contribution in [0.25, 0.3) is 0 Å². The first-order valence-electron chi connectivity index (χ1n) is 11.7. The second-order valence-electron chi connectivity index (χ2n) is 8.48. The number of rotatable bonds is 7. The standard InChI is InChI=1S/C28H31N3O2/c1-3-26(23-13-8-5-9-14-23)27(32)29-24-15-17-25(18-16-24)31-20-10-19-30(28(31)33)21(2)22-11-6-4-7-12-22/h4-9,11-18,21,26H,3,10,19-20H2,1-2H3,(H,29,32)/t21-,26+/m0/s1. The molecule has 0 spiro atoms. The molecule has 0 aliphatic carbocycles. The number of nitrogens with one attached hydrogen (secondary N) is 1. The Bertz CT molecular complexity index is 1070. The van der Waals surface area contributed by atoms with Gasteiger partial charge in [0, 0.05) is 24.5 Å². The number of hydrogen-bond acceptors (Lipinski definition) is 2. The van der Waals surface area contributed by atoms with Gasteiger partial charge in [-0.15, -0.1) is 0 Å². The summed E-state index contributed by atoms with van der Waals surface area (Å²) in [6.07, 6.45) is 1.64. The molecule has 3 aromatic rings. The van der Waals surface area contributed by atoms with Gasteiger partial charge in [0.25, 0.3) is 0 Å². The second-order valence-corrected chi connectivity index (χ2v) is 8.48. The summed E-state index contributed by atoms with van der Waals surface area (Å²) in [5.74, 6) is -0.212. The van der Waals surface area contributed by atoms with E-state index in [1.807, 2.05) is 89.5 Å². The molecule has 0 bridgehead atoms. The lowest BCUT2D eigenvalue weighted by Gasteiger charge is -2.39. The molecule has 1 aliphatic rings. The Hall–Kier alpha value is -3.60. The smallest absolute Gasteiger partial charge is 0.324 e. The van der Waals surface area contributed by atoms with Gasteiger partial charge in [-0.3, -0.25) is 9.69 Å². The van der Waals surface area contributed by atoms with E-state index in [0.717, 1.165) is 41.9 Å². The van der Waals surface area contributed by atoms with Gasteiger partial charge in [0.2, 0.25) is 5.91 Å².